The van der Waals surface area contributed by atoms with Gasteiger partial charge in [-0.15, -0.1) is 0 Å². The number of nitrogens with zero attached hydrogens (tertiary/aromatic N) is 21. The fraction of sp³-hybridized carbons (Fsp3) is 0.110. The summed E-state index contributed by atoms with van der Waals surface area (Å²) in [6, 6.07) is 40.4. The Hall–Kier alpha value is -16.0. The van der Waals surface area contributed by atoms with Crippen molar-refractivity contribution in [3.05, 3.63) is 239 Å². The molecule has 0 saturated heterocycles. The van der Waals surface area contributed by atoms with Crippen LogP contribution in [0.15, 0.2) is 176 Å². The largest absolute Gasteiger partial charge is 0.435 e. The van der Waals surface area contributed by atoms with Crippen molar-refractivity contribution in [1.82, 2.24) is 98.0 Å². The van der Waals surface area contributed by atoms with Crippen LogP contribution in [0.1, 0.15) is 40.8 Å². The van der Waals surface area contributed by atoms with E-state index in [-0.39, 0.29) is 102 Å². The molecular formula is C73H52F15N29O4. The van der Waals surface area contributed by atoms with Crippen LogP contribution in [-0.2, 0) is 32.1 Å². The van der Waals surface area contributed by atoms with Crippen LogP contribution in [-0.4, -0.2) is 121 Å². The Balaban J connectivity index is 0.000000139. The van der Waals surface area contributed by atoms with Crippen LogP contribution in [0.2, 0.25) is 0 Å². The Kier molecular flexibility index (Phi) is 24.2. The summed E-state index contributed by atoms with van der Waals surface area (Å²) in [5.41, 5.74) is 26.1. The first-order valence-corrected chi connectivity index (χ1v) is 34.2. The Morgan fingerprint density at radius 1 is 0.372 bits per heavy atom. The van der Waals surface area contributed by atoms with Gasteiger partial charge < -0.3 is 68.7 Å². The molecule has 33 nitrogen and oxygen atoms in total. The number of aliphatic hydroxyl groups is 2. The van der Waals surface area contributed by atoms with E-state index >= 15 is 0 Å². The van der Waals surface area contributed by atoms with Gasteiger partial charge in [0.2, 0.25) is 71.4 Å². The maximum absolute atomic E-state index is 13.9. The molecular weight excluding hydrogens is 1630 g/mol. The molecule has 121 heavy (non-hydrogen) atoms. The number of halogens is 15. The maximum atomic E-state index is 13.9. The number of nitrogen functional groups attached to an aromatic ring is 4. The molecule has 0 aliphatic heterocycles. The number of imidazole rings is 4. The fourth-order valence-corrected chi connectivity index (χ4v) is 11.4. The van der Waals surface area contributed by atoms with E-state index < -0.39 is 84.1 Å². The van der Waals surface area contributed by atoms with E-state index in [9.17, 15) is 76.1 Å². The van der Waals surface area contributed by atoms with Gasteiger partial charge in [0.05, 0.1) is 55.3 Å². The van der Waals surface area contributed by atoms with E-state index in [1.54, 1.807) is 51.6 Å². The zero-order valence-corrected chi connectivity index (χ0v) is 60.7. The van der Waals surface area contributed by atoms with Crippen molar-refractivity contribution in [2.75, 3.05) is 44.2 Å². The summed E-state index contributed by atoms with van der Waals surface area (Å²) in [6.45, 7) is 0.349. The fourth-order valence-electron chi connectivity index (χ4n) is 11.4. The smallest absolute Gasteiger partial charge is 0.416 e. The molecule has 0 atom stereocenters. The van der Waals surface area contributed by atoms with Gasteiger partial charge in [-0.05, 0) is 121 Å². The Labute approximate surface area is 666 Å². The number of rotatable bonds is 20. The van der Waals surface area contributed by atoms with Gasteiger partial charge in [-0.1, -0.05) is 36.4 Å². The van der Waals surface area contributed by atoms with Gasteiger partial charge >= 0.3 is 25.6 Å². The van der Waals surface area contributed by atoms with Crippen molar-refractivity contribution in [1.29, 1.82) is 0 Å². The molecule has 0 saturated carbocycles. The summed E-state index contributed by atoms with van der Waals surface area (Å²) in [6.07, 6.45) is -12.0. The third-order valence-electron chi connectivity index (χ3n) is 16.4. The van der Waals surface area contributed by atoms with Gasteiger partial charge in [-0.2, -0.15) is 104 Å². The number of fused-ring (bicyclic) bond motifs is 4. The van der Waals surface area contributed by atoms with Crippen molar-refractivity contribution in [3.63, 3.8) is 0 Å². The lowest BCUT2D eigenvalue weighted by atomic mass is 10.2. The summed E-state index contributed by atoms with van der Waals surface area (Å²) < 4.78 is 207. The SMILES string of the molecule is Nc1nc(Nc2ccc(C(F)(F)F)cc2)nc(-n2c(CO)nc3ccccc32)n1.Nc1nc(Nc2ccc(OC(F)F)c(F)c2)nc(-n2c(C(F)F)nc3cc(F)c(F)cc32)n1.Nc1nc(Nc2ccc(OC(F)F)cc2)nc(-n2c(CO)nc3ccccc32)n1.[C-]#[N+]Cc1nc2ccccc2n1-c1nc(N)nc(Nc2ccc(C(F)(F)F)cc2)n1. The molecule has 16 aromatic rings. The predicted octanol–water partition coefficient (Wildman–Crippen LogP) is 14.1. The molecule has 16 rings (SSSR count). The van der Waals surface area contributed by atoms with Crippen LogP contribution < -0.4 is 53.7 Å². The zero-order valence-electron chi connectivity index (χ0n) is 60.7. The van der Waals surface area contributed by atoms with Gasteiger partial charge in [0, 0.05) is 40.9 Å². The quantitative estimate of drug-likeness (QED) is 0.0250. The minimum atomic E-state index is -4.43. The van der Waals surface area contributed by atoms with Crippen LogP contribution in [0.25, 0.3) is 72.8 Å². The van der Waals surface area contributed by atoms with Gasteiger partial charge in [0.15, 0.2) is 34.8 Å². The summed E-state index contributed by atoms with van der Waals surface area (Å²) in [4.78, 5) is 68.8. The van der Waals surface area contributed by atoms with Crippen LogP contribution in [0.3, 0.4) is 0 Å². The number of alkyl halides is 12. The highest BCUT2D eigenvalue weighted by molar-refractivity contribution is 5.81. The molecule has 8 heterocycles. The van der Waals surface area contributed by atoms with Gasteiger partial charge in [-0.3, -0.25) is 18.3 Å². The monoisotopic (exact) mass is 1680 g/mol. The van der Waals surface area contributed by atoms with Crippen LogP contribution in [0.5, 0.6) is 11.5 Å². The highest BCUT2D eigenvalue weighted by Crippen LogP contribution is 2.35. The molecule has 8 aromatic carbocycles. The Morgan fingerprint density at radius 2 is 0.727 bits per heavy atom. The van der Waals surface area contributed by atoms with Crippen molar-refractivity contribution >= 4 is 114 Å². The minimum Gasteiger partial charge on any atom is -0.435 e. The zero-order chi connectivity index (χ0) is 86.1. The number of anilines is 12. The number of para-hydroxylation sites is 6. The number of aromatic nitrogens is 20. The van der Waals surface area contributed by atoms with E-state index in [1.807, 2.05) is 30.3 Å². The average molecular weight is 1680 g/mol. The highest BCUT2D eigenvalue weighted by Gasteiger charge is 2.32. The summed E-state index contributed by atoms with van der Waals surface area (Å²) >= 11 is 0. The lowest BCUT2D eigenvalue weighted by molar-refractivity contribution is -0.138. The van der Waals surface area contributed by atoms with Crippen molar-refractivity contribution in [2.24, 2.45) is 0 Å². The van der Waals surface area contributed by atoms with Gasteiger partial charge in [0.25, 0.3) is 13.0 Å². The third-order valence-corrected chi connectivity index (χ3v) is 16.4. The number of hydrogen-bond acceptors (Lipinski definition) is 28. The molecule has 618 valence electrons. The number of ether oxygens (including phenoxy) is 2. The first-order valence-electron chi connectivity index (χ1n) is 34.2. The van der Waals surface area contributed by atoms with E-state index in [0.717, 1.165) is 42.5 Å². The third kappa shape index (κ3) is 19.6. The lowest BCUT2D eigenvalue weighted by Crippen LogP contribution is -2.12. The lowest BCUT2D eigenvalue weighted by Gasteiger charge is -2.11. The molecule has 8 aromatic heterocycles. The summed E-state index contributed by atoms with van der Waals surface area (Å²) in [7, 11) is 0. The summed E-state index contributed by atoms with van der Waals surface area (Å²) in [5.74, 6) is -5.24. The van der Waals surface area contributed by atoms with Crippen LogP contribution in [0, 0.1) is 24.0 Å². The second-order valence-corrected chi connectivity index (χ2v) is 24.4. The van der Waals surface area contributed by atoms with Crippen LogP contribution >= 0.6 is 0 Å². The van der Waals surface area contributed by atoms with E-state index in [4.69, 9.17) is 29.5 Å². The second kappa shape index (κ2) is 35.2. The van der Waals surface area contributed by atoms with Crippen molar-refractivity contribution in [3.8, 4) is 35.3 Å². The molecule has 0 unspecified atom stereocenters. The molecule has 0 spiro atoms. The van der Waals surface area contributed by atoms with Gasteiger partial charge in [-0.25, -0.2) is 48.5 Å². The van der Waals surface area contributed by atoms with Crippen molar-refractivity contribution < 1.29 is 85.5 Å². The molecule has 0 radical (unpaired) electrons. The van der Waals surface area contributed by atoms with E-state index in [0.29, 0.717) is 84.3 Å². The molecule has 0 aliphatic carbocycles. The minimum absolute atomic E-state index is 0.00192. The highest BCUT2D eigenvalue weighted by atomic mass is 19.4. The van der Waals surface area contributed by atoms with E-state index in [2.05, 4.69) is 115 Å². The Morgan fingerprint density at radius 3 is 1.10 bits per heavy atom. The van der Waals surface area contributed by atoms with E-state index in [1.165, 1.54) is 53.1 Å². The molecule has 48 heteroatoms. The standard InChI is InChI=1S/C19H13F3N8.C18H10F7N7O.C18H14F3N7O.C18H15F2N7O2/c1-24-10-15-26-13-4-2-3-5-14(13)30(15)18-28-16(23)27-17(29-18)25-12-8-6-11(7-9-12)19(20,21)22;19-7-4-10-11(5-8(7)20)32(14(28-10)13(22)23)18-30-16(26)29-17(31-18)27-6-1-2-12(9(21)3-6)33-15(24)25;19-18(20,21)10-5-7-11(8-6-10)23-16-25-15(22)26-17(27-16)28-13-4-2-1-3-12(13)24-14(28)9-29;19-15(20)29-11-7-5-10(6-8-11)22-17-24-16(21)25-18(26-17)27-13-4-2-1-3-12(13)23-14(27)9-28/h2-9H,10H2,(H3,23,25,27,28,29);1-5,13,15H,(H3,26,27,29,30,31);1-8,29H,9H2,(H3,22,23,25,26,27);1-8,15,28H,9H2,(H3,21,22,24,25,26). The van der Waals surface area contributed by atoms with Crippen molar-refractivity contribution in [2.45, 2.75) is 51.8 Å². The molecule has 0 amide bonds. The average Bonchev–Trinajstić information content (AvgIpc) is 1.62. The predicted molar refractivity (Wildman–Crippen MR) is 405 cm³/mol. The first kappa shape index (κ1) is 83.0. The molecule has 0 aliphatic rings. The maximum Gasteiger partial charge on any atom is 0.416 e. The normalized spacial score (nSPS) is 11.5. The number of nitrogens with two attached hydrogens (primary N) is 4. The number of hydrogen-bond donors (Lipinski definition) is 10. The first-order chi connectivity index (χ1) is 57.8. The second-order valence-electron chi connectivity index (χ2n) is 24.4. The summed E-state index contributed by atoms with van der Waals surface area (Å²) in [5, 5.41) is 30.4. The molecule has 0 fully saturated rings. The number of nitrogens with one attached hydrogen (secondary N) is 4. The van der Waals surface area contributed by atoms with Crippen LogP contribution in [0.4, 0.5) is 136 Å². The Bertz CT molecular complexity index is 6470. The number of benzene rings is 8. The topological polar surface area (TPSA) is 441 Å². The van der Waals surface area contributed by atoms with Gasteiger partial charge in [0.1, 0.15) is 30.6 Å². The number of aliphatic hydroxyl groups excluding tert-OH is 2. The molecule has 0 bridgehead atoms. The molecule has 14 N–H and O–H groups in total.